The predicted octanol–water partition coefficient (Wildman–Crippen LogP) is 4.47. The van der Waals surface area contributed by atoms with Gasteiger partial charge in [-0.25, -0.2) is 13.2 Å². The van der Waals surface area contributed by atoms with Gasteiger partial charge in [-0.2, -0.15) is 0 Å². The lowest BCUT2D eigenvalue weighted by Crippen LogP contribution is -2.63. The number of rotatable bonds is 12. The van der Waals surface area contributed by atoms with Gasteiger partial charge in [-0.1, -0.05) is 39.8 Å². The summed E-state index contributed by atoms with van der Waals surface area (Å²) >= 11 is 1.53. The first-order chi connectivity index (χ1) is 23.2. The van der Waals surface area contributed by atoms with Gasteiger partial charge >= 0.3 is 6.09 Å². The van der Waals surface area contributed by atoms with E-state index in [1.54, 1.807) is 60.6 Å². The van der Waals surface area contributed by atoms with Crippen LogP contribution >= 0.6 is 11.3 Å². The van der Waals surface area contributed by atoms with Crippen LogP contribution in [0.2, 0.25) is 0 Å². The van der Waals surface area contributed by atoms with Crippen molar-refractivity contribution in [3.05, 3.63) is 48.0 Å². The molecule has 50 heavy (non-hydrogen) atoms. The molecule has 3 heterocycles. The number of pyridine rings is 1. The first-order valence-electron chi connectivity index (χ1n) is 16.7. The van der Waals surface area contributed by atoms with E-state index in [1.807, 2.05) is 24.4 Å². The quantitative estimate of drug-likeness (QED) is 0.267. The topological polar surface area (TPSA) is 173 Å². The smallest absolute Gasteiger partial charge is 0.408 e. The molecule has 2 fully saturated rings. The van der Waals surface area contributed by atoms with E-state index in [0.29, 0.717) is 24.3 Å². The molecular formula is C35H49N5O8S2. The molecule has 3 N–H and O–H groups in total. The van der Waals surface area contributed by atoms with Crippen LogP contribution < -0.4 is 20.1 Å². The molecule has 0 radical (unpaired) electrons. The molecule has 1 saturated carbocycles. The van der Waals surface area contributed by atoms with Crippen molar-refractivity contribution in [3.8, 4) is 16.3 Å². The number of amides is 4. The number of hydrogen-bond acceptors (Lipinski definition) is 10. The molecule has 2 aliphatic rings. The van der Waals surface area contributed by atoms with E-state index < -0.39 is 73.8 Å². The summed E-state index contributed by atoms with van der Waals surface area (Å²) in [5.74, 6) is -1.70. The fraction of sp³-hybridized carbons (Fsp3) is 0.571. The third-order valence-corrected chi connectivity index (χ3v) is 11.2. The Morgan fingerprint density at radius 2 is 1.82 bits per heavy atom. The molecule has 1 aliphatic heterocycles. The van der Waals surface area contributed by atoms with E-state index in [0.717, 1.165) is 10.6 Å². The molecule has 13 nitrogen and oxygen atoms in total. The molecule has 1 saturated heterocycles. The number of sulfonamides is 1. The van der Waals surface area contributed by atoms with Crippen molar-refractivity contribution in [2.45, 2.75) is 116 Å². The summed E-state index contributed by atoms with van der Waals surface area (Å²) in [7, 11) is -3.93. The summed E-state index contributed by atoms with van der Waals surface area (Å²) in [6.45, 7) is 17.6. The molecule has 274 valence electrons. The summed E-state index contributed by atoms with van der Waals surface area (Å²) in [5.41, 5.74) is -1.99. The lowest BCUT2D eigenvalue weighted by molar-refractivity contribution is -0.143. The molecule has 2 aromatic rings. The van der Waals surface area contributed by atoms with E-state index in [9.17, 15) is 27.6 Å². The third kappa shape index (κ3) is 9.42. The molecule has 1 aliphatic carbocycles. The maximum Gasteiger partial charge on any atom is 0.408 e. The van der Waals surface area contributed by atoms with Crippen molar-refractivity contribution in [3.63, 3.8) is 0 Å². The molecule has 4 atom stereocenters. The van der Waals surface area contributed by atoms with Gasteiger partial charge in [0.25, 0.3) is 5.91 Å². The van der Waals surface area contributed by atoms with Crippen LogP contribution in [0.4, 0.5) is 4.79 Å². The highest BCUT2D eigenvalue weighted by molar-refractivity contribution is 7.91. The van der Waals surface area contributed by atoms with Crippen LogP contribution in [0.5, 0.6) is 5.75 Å². The highest BCUT2D eigenvalue weighted by Gasteiger charge is 2.49. The van der Waals surface area contributed by atoms with Crippen LogP contribution in [0.25, 0.3) is 10.6 Å². The van der Waals surface area contributed by atoms with Gasteiger partial charge in [-0.05, 0) is 63.8 Å². The van der Waals surface area contributed by atoms with Crippen molar-refractivity contribution in [2.24, 2.45) is 5.41 Å². The standard InChI is InChI=1S/C35H49N5O8S2/c1-10-35(11-2,31(43)39-50(45,46)24-14-15-24)38-29(41)26-19-23(47-22-17-21(3)36-25(18-22)27-13-12-16-49-27)20-40(26)30(42)28(33(4,5)6)37-32(44)48-34(7,8)9/h10,12-13,16-18,23-24,26,28H,1,11,14-15,19-20H2,2-9H3,(H,37,44)(H,38,41)(H,39,43)/t23-,26+,28-,35+/m1/s1. The second-order valence-electron chi connectivity index (χ2n) is 14.9. The molecule has 2 aromatic heterocycles. The van der Waals surface area contributed by atoms with E-state index in [4.69, 9.17) is 9.47 Å². The molecule has 4 rings (SSSR count). The molecule has 15 heteroatoms. The van der Waals surface area contributed by atoms with Gasteiger partial charge in [0.15, 0.2) is 0 Å². The van der Waals surface area contributed by atoms with Gasteiger partial charge < -0.3 is 25.0 Å². The minimum Gasteiger partial charge on any atom is -0.488 e. The fourth-order valence-corrected chi connectivity index (χ4v) is 7.69. The Hall–Kier alpha value is -3.98. The SMILES string of the molecule is C=C[C@@](CC)(NC(=O)[C@@H]1C[C@@H](Oc2cc(C)nc(-c3cccs3)c2)CN1C(=O)[C@@H](NC(=O)OC(C)(C)C)C(C)(C)C)C(=O)NS(=O)(=O)C1CC1. The Balaban J connectivity index is 1.66. The Labute approximate surface area is 298 Å². The van der Waals surface area contributed by atoms with Crippen LogP contribution in [-0.2, 0) is 29.1 Å². The first kappa shape index (κ1) is 38.8. The summed E-state index contributed by atoms with van der Waals surface area (Å²) in [5, 5.41) is 6.69. The van der Waals surface area contributed by atoms with Gasteiger partial charge in [0, 0.05) is 24.2 Å². The summed E-state index contributed by atoms with van der Waals surface area (Å²) < 4.78 is 39.3. The summed E-state index contributed by atoms with van der Waals surface area (Å²) in [6, 6.07) is 5.17. The van der Waals surface area contributed by atoms with Crippen LogP contribution in [0.1, 0.15) is 79.8 Å². The Morgan fingerprint density at radius 3 is 2.36 bits per heavy atom. The molecule has 4 amide bonds. The van der Waals surface area contributed by atoms with Gasteiger partial charge in [-0.15, -0.1) is 17.9 Å². The number of aryl methyl sites for hydroxylation is 1. The van der Waals surface area contributed by atoms with E-state index in [2.05, 4.69) is 26.9 Å². The molecule has 0 aromatic carbocycles. The number of carbonyl (C=O) groups excluding carboxylic acids is 4. The van der Waals surface area contributed by atoms with E-state index in [-0.39, 0.29) is 19.4 Å². The number of ether oxygens (including phenoxy) is 2. The average Bonchev–Trinajstić information content (AvgIpc) is 3.57. The molecule has 0 bridgehead atoms. The number of hydrogen-bond donors (Lipinski definition) is 3. The van der Waals surface area contributed by atoms with Gasteiger partial charge in [-0.3, -0.25) is 24.1 Å². The lowest BCUT2D eigenvalue weighted by Gasteiger charge is -2.36. The van der Waals surface area contributed by atoms with Crippen LogP contribution in [0.3, 0.4) is 0 Å². The number of thiophene rings is 1. The Morgan fingerprint density at radius 1 is 1.14 bits per heavy atom. The minimum absolute atomic E-state index is 0.0124. The maximum absolute atomic E-state index is 14.4. The predicted molar refractivity (Wildman–Crippen MR) is 191 cm³/mol. The van der Waals surface area contributed by atoms with E-state index in [1.165, 1.54) is 22.3 Å². The van der Waals surface area contributed by atoms with Crippen molar-refractivity contribution in [2.75, 3.05) is 6.54 Å². The monoisotopic (exact) mass is 731 g/mol. The van der Waals surface area contributed by atoms with Gasteiger partial charge in [0.1, 0.15) is 35.1 Å². The van der Waals surface area contributed by atoms with Crippen LogP contribution in [0, 0.1) is 12.3 Å². The average molecular weight is 732 g/mol. The number of nitrogens with one attached hydrogen (secondary N) is 3. The van der Waals surface area contributed by atoms with Gasteiger partial charge in [0.05, 0.1) is 22.4 Å². The van der Waals surface area contributed by atoms with E-state index >= 15 is 0 Å². The number of aromatic nitrogens is 1. The lowest BCUT2D eigenvalue weighted by atomic mass is 9.85. The fourth-order valence-electron chi connectivity index (χ4n) is 5.64. The second-order valence-corrected chi connectivity index (χ2v) is 17.8. The minimum atomic E-state index is -3.93. The third-order valence-electron chi connectivity index (χ3n) is 8.48. The van der Waals surface area contributed by atoms with Gasteiger partial charge in [0.2, 0.25) is 21.8 Å². The zero-order chi connectivity index (χ0) is 37.2. The number of alkyl carbamates (subject to hydrolysis) is 1. The summed E-state index contributed by atoms with van der Waals surface area (Å²) in [4.78, 5) is 61.8. The van der Waals surface area contributed by atoms with Crippen molar-refractivity contribution >= 4 is 45.2 Å². The second kappa shape index (κ2) is 14.7. The van der Waals surface area contributed by atoms with Crippen molar-refractivity contribution < 1.29 is 37.1 Å². The molecule has 0 spiro atoms. The normalized spacial score (nSPS) is 19.9. The first-order valence-corrected chi connectivity index (χ1v) is 19.1. The summed E-state index contributed by atoms with van der Waals surface area (Å²) in [6.07, 6.45) is 0.653. The number of carbonyl (C=O) groups is 4. The Kier molecular flexibility index (Phi) is 11.4. The largest absolute Gasteiger partial charge is 0.488 e. The van der Waals surface area contributed by atoms with Crippen molar-refractivity contribution in [1.82, 2.24) is 25.2 Å². The highest BCUT2D eigenvalue weighted by Crippen LogP contribution is 2.32. The molecule has 0 unspecified atom stereocenters. The zero-order valence-corrected chi connectivity index (χ0v) is 31.6. The van der Waals surface area contributed by atoms with Crippen molar-refractivity contribution in [1.29, 1.82) is 0 Å². The maximum atomic E-state index is 14.4. The highest BCUT2D eigenvalue weighted by atomic mass is 32.2. The number of nitrogens with zero attached hydrogens (tertiary/aromatic N) is 2. The van der Waals surface area contributed by atoms with Crippen LogP contribution in [-0.4, -0.2) is 83.2 Å². The zero-order valence-electron chi connectivity index (χ0n) is 30.0. The molecular weight excluding hydrogens is 683 g/mol. The Bertz CT molecular complexity index is 1710. The number of likely N-dealkylation sites (tertiary alicyclic amines) is 1. The van der Waals surface area contributed by atoms with Crippen LogP contribution in [0.15, 0.2) is 42.3 Å².